The van der Waals surface area contributed by atoms with E-state index in [1.165, 1.54) is 6.21 Å². The Bertz CT molecular complexity index is 75.3. The van der Waals surface area contributed by atoms with E-state index < -0.39 is 6.10 Å². The molecule has 0 aliphatic carbocycles. The molecule has 1 aliphatic rings. The van der Waals surface area contributed by atoms with Gasteiger partial charge in [0.2, 0.25) is 0 Å². The van der Waals surface area contributed by atoms with Gasteiger partial charge in [-0.25, -0.2) is 0 Å². The molecule has 7 heavy (non-hydrogen) atoms. The minimum atomic E-state index is -0.468. The second-order valence-corrected chi connectivity index (χ2v) is 1.12. The monoisotopic (exact) mass is 123 g/mol. The third kappa shape index (κ3) is 1.75. The van der Waals surface area contributed by atoms with Gasteiger partial charge in [-0.2, -0.15) is 0 Å². The van der Waals surface area contributed by atoms with E-state index in [4.69, 9.17) is 5.11 Å². The lowest BCUT2D eigenvalue weighted by molar-refractivity contribution is 0.106. The van der Waals surface area contributed by atoms with Crippen LogP contribution in [0.1, 0.15) is 0 Å². The molecule has 0 aromatic heterocycles. The van der Waals surface area contributed by atoms with Crippen LogP contribution in [0.2, 0.25) is 0 Å². The van der Waals surface area contributed by atoms with Crippen molar-refractivity contribution in [1.82, 2.24) is 0 Å². The molecular weight excluding hydrogens is 117 g/mol. The van der Waals surface area contributed by atoms with Crippen LogP contribution < -0.4 is 0 Å². The standard InChI is InChI=1S/C3H5NO2.ClH/c5-3-1-4-6-2-3;/h1,3,5H,2H2;1H/t3-;/m0./s1. The maximum atomic E-state index is 8.45. The van der Waals surface area contributed by atoms with Gasteiger partial charge in [-0.05, 0) is 0 Å². The fraction of sp³-hybridized carbons (Fsp3) is 0.667. The molecule has 1 aliphatic heterocycles. The van der Waals surface area contributed by atoms with E-state index in [1.807, 2.05) is 0 Å². The van der Waals surface area contributed by atoms with E-state index in [-0.39, 0.29) is 12.4 Å². The van der Waals surface area contributed by atoms with Crippen LogP contribution in [0, 0.1) is 0 Å². The molecule has 0 radical (unpaired) electrons. The molecular formula is C3H6ClNO2. The summed E-state index contributed by atoms with van der Waals surface area (Å²) in [6.07, 6.45) is 0.894. The van der Waals surface area contributed by atoms with E-state index in [2.05, 4.69) is 9.99 Å². The Morgan fingerprint density at radius 1 is 1.86 bits per heavy atom. The van der Waals surface area contributed by atoms with Crippen molar-refractivity contribution in [3.63, 3.8) is 0 Å². The zero-order chi connectivity index (χ0) is 4.41. The number of nitrogens with zero attached hydrogens (tertiary/aromatic N) is 1. The van der Waals surface area contributed by atoms with Crippen molar-refractivity contribution in [2.75, 3.05) is 6.61 Å². The number of halogens is 1. The van der Waals surface area contributed by atoms with Crippen LogP contribution in [0.4, 0.5) is 0 Å². The second kappa shape index (κ2) is 2.82. The highest BCUT2D eigenvalue weighted by atomic mass is 35.5. The summed E-state index contributed by atoms with van der Waals surface area (Å²) in [5.41, 5.74) is 0. The van der Waals surface area contributed by atoms with Crippen LogP contribution in [-0.4, -0.2) is 24.0 Å². The topological polar surface area (TPSA) is 41.8 Å². The molecule has 0 aromatic carbocycles. The van der Waals surface area contributed by atoms with E-state index in [0.717, 1.165) is 0 Å². The average molecular weight is 124 g/mol. The van der Waals surface area contributed by atoms with E-state index >= 15 is 0 Å². The van der Waals surface area contributed by atoms with Crippen LogP contribution in [0.15, 0.2) is 5.16 Å². The summed E-state index contributed by atoms with van der Waals surface area (Å²) >= 11 is 0. The van der Waals surface area contributed by atoms with Gasteiger partial charge in [-0.3, -0.25) is 0 Å². The van der Waals surface area contributed by atoms with Gasteiger partial charge in [0.1, 0.15) is 12.7 Å². The predicted octanol–water partition coefficient (Wildman–Crippen LogP) is -0.215. The van der Waals surface area contributed by atoms with Gasteiger partial charge in [0.05, 0.1) is 6.21 Å². The van der Waals surface area contributed by atoms with Crippen LogP contribution >= 0.6 is 12.4 Å². The van der Waals surface area contributed by atoms with Crippen molar-refractivity contribution < 1.29 is 9.94 Å². The quantitative estimate of drug-likeness (QED) is 0.484. The van der Waals surface area contributed by atoms with Gasteiger partial charge in [-0.1, -0.05) is 5.16 Å². The summed E-state index contributed by atoms with van der Waals surface area (Å²) in [4.78, 5) is 4.38. The van der Waals surface area contributed by atoms with Crippen molar-refractivity contribution in [1.29, 1.82) is 0 Å². The smallest absolute Gasteiger partial charge is 0.148 e. The Kier molecular flexibility index (Phi) is 2.71. The van der Waals surface area contributed by atoms with Gasteiger partial charge in [0.15, 0.2) is 0 Å². The molecule has 0 aromatic rings. The molecule has 0 saturated heterocycles. The highest BCUT2D eigenvalue weighted by Crippen LogP contribution is 1.89. The number of aliphatic hydroxyl groups excluding tert-OH is 1. The first-order valence-corrected chi connectivity index (χ1v) is 1.73. The first-order valence-electron chi connectivity index (χ1n) is 1.73. The first kappa shape index (κ1) is 6.72. The normalized spacial score (nSPS) is 26.1. The van der Waals surface area contributed by atoms with Gasteiger partial charge >= 0.3 is 0 Å². The van der Waals surface area contributed by atoms with Crippen molar-refractivity contribution in [3.05, 3.63) is 0 Å². The van der Waals surface area contributed by atoms with Crippen molar-refractivity contribution in [2.45, 2.75) is 6.10 Å². The molecule has 4 heteroatoms. The van der Waals surface area contributed by atoms with E-state index in [9.17, 15) is 0 Å². The molecule has 1 heterocycles. The van der Waals surface area contributed by atoms with Gasteiger partial charge < -0.3 is 9.94 Å². The van der Waals surface area contributed by atoms with E-state index in [1.54, 1.807) is 0 Å². The van der Waals surface area contributed by atoms with Crippen molar-refractivity contribution >= 4 is 18.6 Å². The molecule has 1 atom stereocenters. The van der Waals surface area contributed by atoms with E-state index in [0.29, 0.717) is 6.61 Å². The Labute approximate surface area is 47.4 Å². The summed E-state index contributed by atoms with van der Waals surface area (Å²) in [6, 6.07) is 0. The Balaban J connectivity index is 0.000000360. The predicted molar refractivity (Wildman–Crippen MR) is 27.7 cm³/mol. The van der Waals surface area contributed by atoms with Crippen LogP contribution in [0.3, 0.4) is 0 Å². The molecule has 0 spiro atoms. The average Bonchev–Trinajstić information content (AvgIpc) is 1.86. The number of hydrogen-bond acceptors (Lipinski definition) is 3. The summed E-state index contributed by atoms with van der Waals surface area (Å²) in [6.45, 7) is 0.319. The third-order valence-corrected chi connectivity index (χ3v) is 0.553. The Morgan fingerprint density at radius 2 is 2.57 bits per heavy atom. The second-order valence-electron chi connectivity index (χ2n) is 1.12. The molecule has 3 nitrogen and oxygen atoms in total. The highest BCUT2D eigenvalue weighted by molar-refractivity contribution is 5.85. The van der Waals surface area contributed by atoms with Gasteiger partial charge in [0, 0.05) is 0 Å². The maximum absolute atomic E-state index is 8.45. The Morgan fingerprint density at radius 3 is 2.71 bits per heavy atom. The zero-order valence-electron chi connectivity index (χ0n) is 3.57. The third-order valence-electron chi connectivity index (χ3n) is 0.553. The van der Waals surface area contributed by atoms with Crippen LogP contribution in [0.25, 0.3) is 0 Å². The lowest BCUT2D eigenvalue weighted by Gasteiger charge is -1.86. The summed E-state index contributed by atoms with van der Waals surface area (Å²) in [7, 11) is 0. The van der Waals surface area contributed by atoms with Crippen LogP contribution in [-0.2, 0) is 4.84 Å². The fourth-order valence-electron chi connectivity index (χ4n) is 0.276. The molecule has 1 rings (SSSR count). The number of oxime groups is 1. The molecule has 1 N–H and O–H groups in total. The first-order chi connectivity index (χ1) is 2.89. The summed E-state index contributed by atoms with van der Waals surface area (Å²) < 4.78 is 0. The van der Waals surface area contributed by atoms with Crippen molar-refractivity contribution in [2.24, 2.45) is 5.16 Å². The highest BCUT2D eigenvalue weighted by Gasteiger charge is 2.04. The minimum absolute atomic E-state index is 0. The molecule has 0 saturated carbocycles. The SMILES string of the molecule is Cl.O[C@H]1C=NOC1. The Hall–Kier alpha value is -0.280. The van der Waals surface area contributed by atoms with Crippen molar-refractivity contribution in [3.8, 4) is 0 Å². The molecule has 0 bridgehead atoms. The zero-order valence-corrected chi connectivity index (χ0v) is 4.39. The fourth-order valence-corrected chi connectivity index (χ4v) is 0.276. The van der Waals surface area contributed by atoms with Gasteiger partial charge in [-0.15, -0.1) is 12.4 Å². The lowest BCUT2D eigenvalue weighted by atomic mass is 10.4. The number of hydrogen-bond donors (Lipinski definition) is 1. The minimum Gasteiger partial charge on any atom is -0.393 e. The molecule has 0 unspecified atom stereocenters. The largest absolute Gasteiger partial charge is 0.393 e. The maximum Gasteiger partial charge on any atom is 0.148 e. The summed E-state index contributed by atoms with van der Waals surface area (Å²) in [5, 5.41) is 11.7. The lowest BCUT2D eigenvalue weighted by Crippen LogP contribution is -2.06. The molecule has 0 fully saturated rings. The summed E-state index contributed by atoms with van der Waals surface area (Å²) in [5.74, 6) is 0. The molecule has 0 amide bonds. The van der Waals surface area contributed by atoms with Gasteiger partial charge in [0.25, 0.3) is 0 Å². The molecule has 42 valence electrons. The van der Waals surface area contributed by atoms with Crippen LogP contribution in [0.5, 0.6) is 0 Å². The number of aliphatic hydroxyl groups is 1. The number of rotatable bonds is 0.